The number of carbonyl (C=O) groups excluding carboxylic acids is 1. The van der Waals surface area contributed by atoms with Crippen LogP contribution < -0.4 is 9.88 Å². The number of aryl methyl sites for hydroxylation is 1. The summed E-state index contributed by atoms with van der Waals surface area (Å²) in [6.45, 7) is 5.24. The van der Waals surface area contributed by atoms with Crippen molar-refractivity contribution in [1.29, 1.82) is 0 Å². The Balaban J connectivity index is 1.77. The van der Waals surface area contributed by atoms with Gasteiger partial charge in [-0.05, 0) is 24.0 Å². The molecular weight excluding hydrogens is 272 g/mol. The molecule has 0 atom stereocenters. The van der Waals surface area contributed by atoms with Crippen LogP contribution in [0.3, 0.4) is 0 Å². The standard InChI is InChI=1S/C19H24N2O/c1-16(2)17-10-4-5-11-18(17)20-19(22)12-6-9-15-21-13-7-3-8-14-21/h3-5,7-8,10-11,13-14,16H,6,9,12,15H2,1-2H3/p+1. The first-order valence-electron chi connectivity index (χ1n) is 7.99. The molecule has 22 heavy (non-hydrogen) atoms. The fraction of sp³-hybridized carbons (Fsp3) is 0.368. The number of hydrogen-bond acceptors (Lipinski definition) is 1. The molecule has 0 spiro atoms. The number of unbranched alkanes of at least 4 members (excludes halogenated alkanes) is 1. The molecule has 3 heteroatoms. The Labute approximate surface area is 133 Å². The van der Waals surface area contributed by atoms with Crippen molar-refractivity contribution < 1.29 is 9.36 Å². The van der Waals surface area contributed by atoms with Crippen molar-refractivity contribution in [3.63, 3.8) is 0 Å². The molecule has 0 radical (unpaired) electrons. The first-order chi connectivity index (χ1) is 10.7. The summed E-state index contributed by atoms with van der Waals surface area (Å²) >= 11 is 0. The van der Waals surface area contributed by atoms with Gasteiger partial charge in [0.1, 0.15) is 6.54 Å². The van der Waals surface area contributed by atoms with E-state index in [-0.39, 0.29) is 5.91 Å². The summed E-state index contributed by atoms with van der Waals surface area (Å²) in [5.41, 5.74) is 2.13. The molecule has 0 fully saturated rings. The van der Waals surface area contributed by atoms with Gasteiger partial charge in [-0.2, -0.15) is 0 Å². The van der Waals surface area contributed by atoms with Gasteiger partial charge in [0, 0.05) is 30.7 Å². The maximum atomic E-state index is 12.1. The van der Waals surface area contributed by atoms with Crippen LogP contribution in [0.1, 0.15) is 44.6 Å². The molecule has 1 heterocycles. The van der Waals surface area contributed by atoms with Crippen LogP contribution in [-0.4, -0.2) is 5.91 Å². The van der Waals surface area contributed by atoms with Crippen LogP contribution in [0.2, 0.25) is 0 Å². The van der Waals surface area contributed by atoms with Gasteiger partial charge in [-0.1, -0.05) is 38.1 Å². The van der Waals surface area contributed by atoms with Gasteiger partial charge >= 0.3 is 0 Å². The van der Waals surface area contributed by atoms with Crippen LogP contribution in [0.15, 0.2) is 54.9 Å². The maximum Gasteiger partial charge on any atom is 0.224 e. The van der Waals surface area contributed by atoms with Gasteiger partial charge in [0.15, 0.2) is 12.4 Å². The van der Waals surface area contributed by atoms with E-state index in [1.807, 2.05) is 36.4 Å². The highest BCUT2D eigenvalue weighted by molar-refractivity contribution is 5.91. The highest BCUT2D eigenvalue weighted by atomic mass is 16.1. The Kier molecular flexibility index (Phi) is 6.13. The van der Waals surface area contributed by atoms with Crippen molar-refractivity contribution in [2.75, 3.05) is 5.32 Å². The molecule has 2 rings (SSSR count). The molecule has 0 aliphatic heterocycles. The lowest BCUT2D eigenvalue weighted by molar-refractivity contribution is -0.697. The first-order valence-corrected chi connectivity index (χ1v) is 7.99. The summed E-state index contributed by atoms with van der Waals surface area (Å²) in [5.74, 6) is 0.511. The molecule has 116 valence electrons. The zero-order valence-corrected chi connectivity index (χ0v) is 13.5. The summed E-state index contributed by atoms with van der Waals surface area (Å²) in [7, 11) is 0. The lowest BCUT2D eigenvalue weighted by Gasteiger charge is -2.13. The van der Waals surface area contributed by atoms with Gasteiger partial charge in [-0.15, -0.1) is 0 Å². The second-order valence-corrected chi connectivity index (χ2v) is 5.86. The zero-order chi connectivity index (χ0) is 15.8. The fourth-order valence-corrected chi connectivity index (χ4v) is 2.49. The largest absolute Gasteiger partial charge is 0.326 e. The molecule has 0 bridgehead atoms. The number of rotatable bonds is 7. The van der Waals surface area contributed by atoms with Crippen molar-refractivity contribution in [2.24, 2.45) is 0 Å². The van der Waals surface area contributed by atoms with E-state index in [1.165, 1.54) is 5.56 Å². The minimum atomic E-state index is 0.103. The quantitative estimate of drug-likeness (QED) is 0.610. The van der Waals surface area contributed by atoms with E-state index >= 15 is 0 Å². The number of para-hydroxylation sites is 1. The van der Waals surface area contributed by atoms with E-state index in [1.54, 1.807) is 0 Å². The van der Waals surface area contributed by atoms with Gasteiger partial charge in [-0.3, -0.25) is 4.79 Å². The summed E-state index contributed by atoms with van der Waals surface area (Å²) in [6.07, 6.45) is 6.59. The van der Waals surface area contributed by atoms with E-state index in [0.717, 1.165) is 25.1 Å². The lowest BCUT2D eigenvalue weighted by Crippen LogP contribution is -2.32. The molecule has 0 aliphatic carbocycles. The number of benzene rings is 1. The molecular formula is C19H25N2O+. The predicted molar refractivity (Wildman–Crippen MR) is 89.6 cm³/mol. The van der Waals surface area contributed by atoms with Crippen LogP contribution in [0.25, 0.3) is 0 Å². The minimum absolute atomic E-state index is 0.103. The Bertz CT molecular complexity index is 593. The Morgan fingerprint density at radius 3 is 2.50 bits per heavy atom. The number of aromatic nitrogens is 1. The van der Waals surface area contributed by atoms with E-state index in [9.17, 15) is 4.79 Å². The summed E-state index contributed by atoms with van der Waals surface area (Å²) in [5, 5.41) is 3.04. The van der Waals surface area contributed by atoms with E-state index in [2.05, 4.69) is 42.2 Å². The number of amides is 1. The topological polar surface area (TPSA) is 33.0 Å². The molecule has 1 aromatic heterocycles. The second-order valence-electron chi connectivity index (χ2n) is 5.86. The number of carbonyl (C=O) groups is 1. The average Bonchev–Trinajstić information content (AvgIpc) is 2.53. The van der Waals surface area contributed by atoms with Crippen LogP contribution >= 0.6 is 0 Å². The van der Waals surface area contributed by atoms with Crippen LogP contribution in [0, 0.1) is 0 Å². The number of anilines is 1. The summed E-state index contributed by atoms with van der Waals surface area (Å²) in [6, 6.07) is 14.1. The smallest absolute Gasteiger partial charge is 0.224 e. The van der Waals surface area contributed by atoms with Gasteiger partial charge in [0.25, 0.3) is 0 Å². The second kappa shape index (κ2) is 8.32. The first kappa shape index (κ1) is 16.2. The number of pyridine rings is 1. The van der Waals surface area contributed by atoms with Gasteiger partial charge in [0.05, 0.1) is 0 Å². The SMILES string of the molecule is CC(C)c1ccccc1NC(=O)CCCC[n+]1ccccc1. The molecule has 1 amide bonds. The van der Waals surface area contributed by atoms with E-state index in [0.29, 0.717) is 12.3 Å². The van der Waals surface area contributed by atoms with Crippen molar-refractivity contribution in [3.05, 3.63) is 60.4 Å². The zero-order valence-electron chi connectivity index (χ0n) is 13.5. The third-order valence-corrected chi connectivity index (χ3v) is 3.70. The molecule has 1 aromatic carbocycles. The van der Waals surface area contributed by atoms with Crippen LogP contribution in [0.5, 0.6) is 0 Å². The third-order valence-electron chi connectivity index (χ3n) is 3.70. The van der Waals surface area contributed by atoms with Gasteiger partial charge < -0.3 is 5.32 Å². The highest BCUT2D eigenvalue weighted by Crippen LogP contribution is 2.23. The Morgan fingerprint density at radius 2 is 1.77 bits per heavy atom. The molecule has 3 nitrogen and oxygen atoms in total. The molecule has 2 aromatic rings. The number of nitrogens with one attached hydrogen (secondary N) is 1. The van der Waals surface area contributed by atoms with Crippen molar-refractivity contribution in [1.82, 2.24) is 0 Å². The average molecular weight is 297 g/mol. The van der Waals surface area contributed by atoms with Gasteiger partial charge in [0.2, 0.25) is 5.91 Å². The fourth-order valence-electron chi connectivity index (χ4n) is 2.49. The monoisotopic (exact) mass is 297 g/mol. The molecule has 0 saturated carbocycles. The highest BCUT2D eigenvalue weighted by Gasteiger charge is 2.09. The number of hydrogen-bond donors (Lipinski definition) is 1. The predicted octanol–water partition coefficient (Wildman–Crippen LogP) is 3.91. The van der Waals surface area contributed by atoms with E-state index < -0.39 is 0 Å². The van der Waals surface area contributed by atoms with Gasteiger partial charge in [-0.25, -0.2) is 4.57 Å². The summed E-state index contributed by atoms with van der Waals surface area (Å²) in [4.78, 5) is 12.1. The molecule has 1 N–H and O–H groups in total. The summed E-state index contributed by atoms with van der Waals surface area (Å²) < 4.78 is 2.14. The Morgan fingerprint density at radius 1 is 1.05 bits per heavy atom. The van der Waals surface area contributed by atoms with Crippen molar-refractivity contribution in [3.8, 4) is 0 Å². The lowest BCUT2D eigenvalue weighted by atomic mass is 10.0. The van der Waals surface area contributed by atoms with Crippen LogP contribution in [-0.2, 0) is 11.3 Å². The third kappa shape index (κ3) is 4.99. The maximum absolute atomic E-state index is 12.1. The van der Waals surface area contributed by atoms with Crippen LogP contribution in [0.4, 0.5) is 5.69 Å². The van der Waals surface area contributed by atoms with Crippen molar-refractivity contribution in [2.45, 2.75) is 45.6 Å². The van der Waals surface area contributed by atoms with Crippen molar-refractivity contribution >= 4 is 11.6 Å². The number of nitrogens with zero attached hydrogens (tertiary/aromatic N) is 1. The molecule has 0 aliphatic rings. The minimum Gasteiger partial charge on any atom is -0.326 e. The Hall–Kier alpha value is -2.16. The normalized spacial score (nSPS) is 10.7. The molecule has 0 unspecified atom stereocenters. The molecule has 0 saturated heterocycles. The van der Waals surface area contributed by atoms with E-state index in [4.69, 9.17) is 0 Å².